The molecule has 0 radical (unpaired) electrons. The third kappa shape index (κ3) is 1.93. The van der Waals surface area contributed by atoms with E-state index in [0.717, 1.165) is 13.2 Å². The molecule has 3 nitrogen and oxygen atoms in total. The van der Waals surface area contributed by atoms with Gasteiger partial charge in [-0.25, -0.2) is 0 Å². The Hall–Kier alpha value is -0.120. The molecule has 0 amide bonds. The van der Waals surface area contributed by atoms with Gasteiger partial charge in [-0.3, -0.25) is 5.32 Å². The molecule has 0 spiro atoms. The standard InChI is InChI=1S/C6H14N2O/c1-5(7)6-2-8-4-9-3-6/h5-6,8H,2-4,7H2,1H3. The van der Waals surface area contributed by atoms with Crippen LogP contribution in [0.4, 0.5) is 0 Å². The van der Waals surface area contributed by atoms with Crippen LogP contribution in [0.3, 0.4) is 0 Å². The minimum Gasteiger partial charge on any atom is -0.366 e. The summed E-state index contributed by atoms with van der Waals surface area (Å²) in [4.78, 5) is 0. The average Bonchev–Trinajstić information content (AvgIpc) is 1.90. The van der Waals surface area contributed by atoms with Gasteiger partial charge in [0.05, 0.1) is 13.3 Å². The van der Waals surface area contributed by atoms with Crippen molar-refractivity contribution in [2.45, 2.75) is 13.0 Å². The summed E-state index contributed by atoms with van der Waals surface area (Å²) in [5, 5.41) is 3.11. The molecule has 2 atom stereocenters. The SMILES string of the molecule is CC(N)C1CNCOC1. The topological polar surface area (TPSA) is 47.3 Å². The summed E-state index contributed by atoms with van der Waals surface area (Å²) in [5.41, 5.74) is 5.65. The highest BCUT2D eigenvalue weighted by Crippen LogP contribution is 2.03. The van der Waals surface area contributed by atoms with Gasteiger partial charge >= 0.3 is 0 Å². The fraction of sp³-hybridized carbons (Fsp3) is 1.00. The smallest absolute Gasteiger partial charge is 0.0965 e. The van der Waals surface area contributed by atoms with Crippen molar-refractivity contribution in [2.24, 2.45) is 11.7 Å². The lowest BCUT2D eigenvalue weighted by atomic mass is 10.0. The number of hydrogen-bond donors (Lipinski definition) is 2. The normalized spacial score (nSPS) is 32.0. The average molecular weight is 130 g/mol. The first kappa shape index (κ1) is 6.99. The van der Waals surface area contributed by atoms with E-state index in [-0.39, 0.29) is 6.04 Å². The van der Waals surface area contributed by atoms with Crippen LogP contribution in [0.1, 0.15) is 6.92 Å². The molecule has 0 aromatic heterocycles. The number of hydrogen-bond acceptors (Lipinski definition) is 3. The zero-order valence-corrected chi connectivity index (χ0v) is 5.76. The van der Waals surface area contributed by atoms with Gasteiger partial charge in [0, 0.05) is 18.5 Å². The van der Waals surface area contributed by atoms with E-state index in [1.165, 1.54) is 0 Å². The molecule has 1 aliphatic rings. The van der Waals surface area contributed by atoms with Gasteiger partial charge in [0.25, 0.3) is 0 Å². The highest BCUT2D eigenvalue weighted by atomic mass is 16.5. The van der Waals surface area contributed by atoms with Gasteiger partial charge < -0.3 is 10.5 Å². The Balaban J connectivity index is 2.23. The zero-order chi connectivity index (χ0) is 6.69. The molecule has 1 saturated heterocycles. The minimum absolute atomic E-state index is 0.248. The van der Waals surface area contributed by atoms with Crippen LogP contribution in [0.25, 0.3) is 0 Å². The van der Waals surface area contributed by atoms with E-state index in [0.29, 0.717) is 12.6 Å². The number of nitrogens with one attached hydrogen (secondary N) is 1. The Labute approximate surface area is 55.6 Å². The first-order chi connectivity index (χ1) is 4.30. The monoisotopic (exact) mass is 130 g/mol. The summed E-state index contributed by atoms with van der Waals surface area (Å²) < 4.78 is 5.15. The fourth-order valence-electron chi connectivity index (χ4n) is 0.923. The van der Waals surface area contributed by atoms with Crippen molar-refractivity contribution < 1.29 is 4.74 Å². The Morgan fingerprint density at radius 2 is 2.56 bits per heavy atom. The lowest BCUT2D eigenvalue weighted by Crippen LogP contribution is -2.43. The lowest BCUT2D eigenvalue weighted by Gasteiger charge is -2.25. The summed E-state index contributed by atoms with van der Waals surface area (Å²) in [6.45, 7) is 4.51. The summed E-state index contributed by atoms with van der Waals surface area (Å²) in [6.07, 6.45) is 0. The summed E-state index contributed by atoms with van der Waals surface area (Å²) in [6, 6.07) is 0.248. The predicted octanol–water partition coefficient (Wildman–Crippen LogP) is -0.473. The highest BCUT2D eigenvalue weighted by Gasteiger charge is 2.16. The molecule has 0 saturated carbocycles. The van der Waals surface area contributed by atoms with Crippen molar-refractivity contribution in [2.75, 3.05) is 19.9 Å². The molecule has 1 aliphatic heterocycles. The van der Waals surface area contributed by atoms with Gasteiger partial charge in [0.2, 0.25) is 0 Å². The third-order valence-corrected chi connectivity index (χ3v) is 1.69. The van der Waals surface area contributed by atoms with Gasteiger partial charge in [0.15, 0.2) is 0 Å². The molecular weight excluding hydrogens is 116 g/mol. The van der Waals surface area contributed by atoms with E-state index < -0.39 is 0 Å². The predicted molar refractivity (Wildman–Crippen MR) is 36.0 cm³/mol. The van der Waals surface area contributed by atoms with Crippen molar-refractivity contribution in [1.29, 1.82) is 0 Å². The van der Waals surface area contributed by atoms with Crippen molar-refractivity contribution >= 4 is 0 Å². The molecule has 1 fully saturated rings. The number of nitrogens with two attached hydrogens (primary N) is 1. The van der Waals surface area contributed by atoms with Crippen molar-refractivity contribution in [3.63, 3.8) is 0 Å². The van der Waals surface area contributed by atoms with Crippen LogP contribution in [-0.2, 0) is 4.74 Å². The molecular formula is C6H14N2O. The number of rotatable bonds is 1. The highest BCUT2D eigenvalue weighted by molar-refractivity contribution is 4.72. The second-order valence-corrected chi connectivity index (χ2v) is 2.59. The molecule has 9 heavy (non-hydrogen) atoms. The maximum atomic E-state index is 5.65. The van der Waals surface area contributed by atoms with Crippen LogP contribution in [0.2, 0.25) is 0 Å². The molecule has 3 heteroatoms. The maximum absolute atomic E-state index is 5.65. The van der Waals surface area contributed by atoms with Gasteiger partial charge in [0.1, 0.15) is 0 Å². The molecule has 0 aromatic rings. The Morgan fingerprint density at radius 3 is 2.89 bits per heavy atom. The largest absolute Gasteiger partial charge is 0.366 e. The minimum atomic E-state index is 0.248. The molecule has 0 aromatic carbocycles. The van der Waals surface area contributed by atoms with E-state index in [9.17, 15) is 0 Å². The quantitative estimate of drug-likeness (QED) is 0.504. The molecule has 3 N–H and O–H groups in total. The van der Waals surface area contributed by atoms with Crippen LogP contribution in [0.15, 0.2) is 0 Å². The van der Waals surface area contributed by atoms with Gasteiger partial charge in [-0.2, -0.15) is 0 Å². The molecule has 54 valence electrons. The van der Waals surface area contributed by atoms with Gasteiger partial charge in [-0.05, 0) is 6.92 Å². The number of ether oxygens (including phenoxy) is 1. The first-order valence-corrected chi connectivity index (χ1v) is 3.34. The molecule has 1 rings (SSSR count). The van der Waals surface area contributed by atoms with Gasteiger partial charge in [-0.1, -0.05) is 0 Å². The van der Waals surface area contributed by atoms with Crippen molar-refractivity contribution in [3.8, 4) is 0 Å². The Bertz CT molecular complexity index is 79.1. The van der Waals surface area contributed by atoms with Crippen LogP contribution in [-0.4, -0.2) is 25.9 Å². The second-order valence-electron chi connectivity index (χ2n) is 2.59. The van der Waals surface area contributed by atoms with E-state index >= 15 is 0 Å². The Kier molecular flexibility index (Phi) is 2.45. The molecule has 0 bridgehead atoms. The fourth-order valence-corrected chi connectivity index (χ4v) is 0.923. The second kappa shape index (κ2) is 3.15. The van der Waals surface area contributed by atoms with Gasteiger partial charge in [-0.15, -0.1) is 0 Å². The summed E-state index contributed by atoms with van der Waals surface area (Å²) >= 11 is 0. The third-order valence-electron chi connectivity index (χ3n) is 1.69. The van der Waals surface area contributed by atoms with E-state index in [1.807, 2.05) is 6.92 Å². The van der Waals surface area contributed by atoms with E-state index in [1.54, 1.807) is 0 Å². The zero-order valence-electron chi connectivity index (χ0n) is 5.76. The molecule has 1 heterocycles. The van der Waals surface area contributed by atoms with Crippen LogP contribution < -0.4 is 11.1 Å². The van der Waals surface area contributed by atoms with Crippen molar-refractivity contribution in [1.82, 2.24) is 5.32 Å². The Morgan fingerprint density at radius 1 is 1.78 bits per heavy atom. The van der Waals surface area contributed by atoms with Crippen LogP contribution >= 0.6 is 0 Å². The van der Waals surface area contributed by atoms with E-state index in [4.69, 9.17) is 10.5 Å². The lowest BCUT2D eigenvalue weighted by molar-refractivity contribution is 0.0391. The van der Waals surface area contributed by atoms with Crippen LogP contribution in [0, 0.1) is 5.92 Å². The first-order valence-electron chi connectivity index (χ1n) is 3.34. The molecule has 2 unspecified atom stereocenters. The maximum Gasteiger partial charge on any atom is 0.0965 e. The van der Waals surface area contributed by atoms with E-state index in [2.05, 4.69) is 5.32 Å². The van der Waals surface area contributed by atoms with Crippen molar-refractivity contribution in [3.05, 3.63) is 0 Å². The summed E-state index contributed by atoms with van der Waals surface area (Å²) in [5.74, 6) is 0.499. The summed E-state index contributed by atoms with van der Waals surface area (Å²) in [7, 11) is 0. The molecule has 0 aliphatic carbocycles. The van der Waals surface area contributed by atoms with Crippen LogP contribution in [0.5, 0.6) is 0 Å².